The second kappa shape index (κ2) is 7.75. The van der Waals surface area contributed by atoms with Crippen molar-refractivity contribution in [3.05, 3.63) is 24.3 Å². The van der Waals surface area contributed by atoms with Crippen molar-refractivity contribution in [2.24, 2.45) is 0 Å². The molecule has 7 nitrogen and oxygen atoms in total. The van der Waals surface area contributed by atoms with Gasteiger partial charge in [0.25, 0.3) is 0 Å². The highest BCUT2D eigenvalue weighted by molar-refractivity contribution is 7.89. The highest BCUT2D eigenvalue weighted by Gasteiger charge is 2.14. The Balaban J connectivity index is 2.49. The number of rotatable bonds is 9. The van der Waals surface area contributed by atoms with Gasteiger partial charge in [-0.2, -0.15) is 0 Å². The molecule has 0 spiro atoms. The topological polar surface area (TPSA) is 110 Å². The van der Waals surface area contributed by atoms with Crippen molar-refractivity contribution in [2.75, 3.05) is 13.7 Å². The van der Waals surface area contributed by atoms with E-state index in [2.05, 4.69) is 4.72 Å². The fourth-order valence-electron chi connectivity index (χ4n) is 1.53. The number of carboxylic acids is 1. The standard InChI is InChI=1S/C13H17NO6S/c1-20-11-3-5-12(6-4-11)21(18,19)14-9-8-10(15)2-7-13(16)17/h3-6,14H,2,7-9H2,1H3,(H,16,17). The highest BCUT2D eigenvalue weighted by Crippen LogP contribution is 2.15. The summed E-state index contributed by atoms with van der Waals surface area (Å²) in [4.78, 5) is 21.7. The van der Waals surface area contributed by atoms with Crippen molar-refractivity contribution >= 4 is 21.8 Å². The first kappa shape index (κ1) is 17.1. The van der Waals surface area contributed by atoms with Gasteiger partial charge in [-0.25, -0.2) is 13.1 Å². The van der Waals surface area contributed by atoms with Gasteiger partial charge >= 0.3 is 5.97 Å². The first-order valence-electron chi connectivity index (χ1n) is 6.22. The molecule has 0 saturated carbocycles. The van der Waals surface area contributed by atoms with E-state index in [0.717, 1.165) is 0 Å². The lowest BCUT2D eigenvalue weighted by atomic mass is 10.2. The van der Waals surface area contributed by atoms with Gasteiger partial charge in [-0.05, 0) is 24.3 Å². The molecule has 0 aliphatic rings. The number of carbonyl (C=O) groups is 2. The van der Waals surface area contributed by atoms with E-state index in [9.17, 15) is 18.0 Å². The predicted molar refractivity (Wildman–Crippen MR) is 74.7 cm³/mol. The van der Waals surface area contributed by atoms with Crippen LogP contribution in [0.1, 0.15) is 19.3 Å². The van der Waals surface area contributed by atoms with Crippen molar-refractivity contribution in [3.63, 3.8) is 0 Å². The summed E-state index contributed by atoms with van der Waals surface area (Å²) in [5, 5.41) is 8.43. The van der Waals surface area contributed by atoms with Crippen molar-refractivity contribution in [1.82, 2.24) is 4.72 Å². The van der Waals surface area contributed by atoms with E-state index in [1.54, 1.807) is 0 Å². The van der Waals surface area contributed by atoms with Gasteiger partial charge in [-0.3, -0.25) is 9.59 Å². The van der Waals surface area contributed by atoms with Crippen LogP contribution in [0.3, 0.4) is 0 Å². The number of aliphatic carboxylic acids is 1. The van der Waals surface area contributed by atoms with Crippen molar-refractivity contribution < 1.29 is 27.9 Å². The zero-order valence-corrected chi connectivity index (χ0v) is 12.4. The number of hydrogen-bond acceptors (Lipinski definition) is 5. The van der Waals surface area contributed by atoms with Gasteiger partial charge in [0.1, 0.15) is 11.5 Å². The molecule has 1 rings (SSSR count). The van der Waals surface area contributed by atoms with Crippen LogP contribution in [0.5, 0.6) is 5.75 Å². The van der Waals surface area contributed by atoms with Crippen LogP contribution in [-0.4, -0.2) is 38.9 Å². The summed E-state index contributed by atoms with van der Waals surface area (Å²) in [6.07, 6.45) is -0.383. The summed E-state index contributed by atoms with van der Waals surface area (Å²) in [5.41, 5.74) is 0. The Labute approximate surface area is 123 Å². The molecule has 8 heteroatoms. The predicted octanol–water partition coefficient (Wildman–Crippen LogP) is 0.797. The van der Waals surface area contributed by atoms with Gasteiger partial charge in [-0.15, -0.1) is 0 Å². The van der Waals surface area contributed by atoms with E-state index >= 15 is 0 Å². The Hall–Kier alpha value is -1.93. The average molecular weight is 315 g/mol. The van der Waals surface area contributed by atoms with Gasteiger partial charge in [0.15, 0.2) is 0 Å². The van der Waals surface area contributed by atoms with Crippen LogP contribution in [0.4, 0.5) is 0 Å². The number of ether oxygens (including phenoxy) is 1. The molecule has 2 N–H and O–H groups in total. The molecule has 0 aliphatic heterocycles. The summed E-state index contributed by atoms with van der Waals surface area (Å²) in [6, 6.07) is 5.83. The third kappa shape index (κ3) is 5.92. The van der Waals surface area contributed by atoms with Gasteiger partial charge in [0.2, 0.25) is 10.0 Å². The summed E-state index contributed by atoms with van der Waals surface area (Å²) in [6.45, 7) is -0.0627. The summed E-state index contributed by atoms with van der Waals surface area (Å²) >= 11 is 0. The molecule has 0 fully saturated rings. The van der Waals surface area contributed by atoms with Crippen LogP contribution in [0.25, 0.3) is 0 Å². The van der Waals surface area contributed by atoms with Crippen molar-refractivity contribution in [1.29, 1.82) is 0 Å². The Morgan fingerprint density at radius 1 is 1.14 bits per heavy atom. The first-order chi connectivity index (χ1) is 9.85. The molecule has 0 saturated heterocycles. The molecule has 21 heavy (non-hydrogen) atoms. The number of methoxy groups -OCH3 is 1. The molecule has 0 atom stereocenters. The number of hydrogen-bond donors (Lipinski definition) is 2. The molecule has 0 radical (unpaired) electrons. The fraction of sp³-hybridized carbons (Fsp3) is 0.385. The van der Waals surface area contributed by atoms with Crippen LogP contribution < -0.4 is 9.46 Å². The number of sulfonamides is 1. The Morgan fingerprint density at radius 2 is 1.76 bits per heavy atom. The minimum Gasteiger partial charge on any atom is -0.497 e. The Bertz CT molecular complexity index is 594. The van der Waals surface area contributed by atoms with E-state index in [-0.39, 0.29) is 36.5 Å². The molecule has 0 bridgehead atoms. The lowest BCUT2D eigenvalue weighted by molar-refractivity contribution is -0.138. The molecular formula is C13H17NO6S. The SMILES string of the molecule is COc1ccc(S(=O)(=O)NCCC(=O)CCC(=O)O)cc1. The average Bonchev–Trinajstić information content (AvgIpc) is 2.45. The lowest BCUT2D eigenvalue weighted by Crippen LogP contribution is -2.26. The van der Waals surface area contributed by atoms with Crippen LogP contribution >= 0.6 is 0 Å². The van der Waals surface area contributed by atoms with Crippen molar-refractivity contribution in [2.45, 2.75) is 24.2 Å². The quantitative estimate of drug-likeness (QED) is 0.697. The maximum Gasteiger partial charge on any atom is 0.303 e. The number of Topliss-reactive ketones (excluding diaryl/α,β-unsaturated/α-hetero) is 1. The third-order valence-corrected chi connectivity index (χ3v) is 4.16. The van der Waals surface area contributed by atoms with Crippen LogP contribution in [0.15, 0.2) is 29.2 Å². The zero-order chi connectivity index (χ0) is 15.9. The van der Waals surface area contributed by atoms with Gasteiger partial charge < -0.3 is 9.84 Å². The molecule has 0 aliphatic carbocycles. The minimum atomic E-state index is -3.69. The molecule has 116 valence electrons. The second-order valence-electron chi connectivity index (χ2n) is 4.26. The van der Waals surface area contributed by atoms with Gasteiger partial charge in [0, 0.05) is 19.4 Å². The largest absolute Gasteiger partial charge is 0.497 e. The minimum absolute atomic E-state index is 0.0390. The molecule has 0 amide bonds. The highest BCUT2D eigenvalue weighted by atomic mass is 32.2. The maximum absolute atomic E-state index is 11.9. The number of carbonyl (C=O) groups excluding carboxylic acids is 1. The normalized spacial score (nSPS) is 11.1. The Kier molecular flexibility index (Phi) is 6.32. The number of carboxylic acid groups (broad SMARTS) is 1. The second-order valence-corrected chi connectivity index (χ2v) is 6.02. The number of benzene rings is 1. The summed E-state index contributed by atoms with van der Waals surface area (Å²) < 4.78 is 31.1. The van der Waals surface area contributed by atoms with Gasteiger partial charge in [-0.1, -0.05) is 0 Å². The van der Waals surface area contributed by atoms with E-state index in [0.29, 0.717) is 5.75 Å². The van der Waals surface area contributed by atoms with E-state index in [1.165, 1.54) is 31.4 Å². The molecule has 1 aromatic rings. The molecule has 1 aromatic carbocycles. The van der Waals surface area contributed by atoms with E-state index < -0.39 is 16.0 Å². The maximum atomic E-state index is 11.9. The van der Waals surface area contributed by atoms with Crippen LogP contribution in [-0.2, 0) is 19.6 Å². The van der Waals surface area contributed by atoms with Gasteiger partial charge in [0.05, 0.1) is 18.4 Å². The number of nitrogens with one attached hydrogen (secondary N) is 1. The summed E-state index contributed by atoms with van der Waals surface area (Å²) in [5.74, 6) is -0.810. The third-order valence-electron chi connectivity index (χ3n) is 2.68. The lowest BCUT2D eigenvalue weighted by Gasteiger charge is -2.07. The first-order valence-corrected chi connectivity index (χ1v) is 7.70. The zero-order valence-electron chi connectivity index (χ0n) is 11.5. The smallest absolute Gasteiger partial charge is 0.303 e. The van der Waals surface area contributed by atoms with Crippen molar-refractivity contribution in [3.8, 4) is 5.75 Å². The van der Waals surface area contributed by atoms with Crippen LogP contribution in [0, 0.1) is 0 Å². The Morgan fingerprint density at radius 3 is 2.29 bits per heavy atom. The van der Waals surface area contributed by atoms with E-state index in [4.69, 9.17) is 9.84 Å². The monoisotopic (exact) mass is 315 g/mol. The molecule has 0 aromatic heterocycles. The fourth-order valence-corrected chi connectivity index (χ4v) is 2.57. The molecule has 0 heterocycles. The molecular weight excluding hydrogens is 298 g/mol. The van der Waals surface area contributed by atoms with E-state index in [1.807, 2.05) is 0 Å². The van der Waals surface area contributed by atoms with Crippen LogP contribution in [0.2, 0.25) is 0 Å². The molecule has 0 unspecified atom stereocenters. The summed E-state index contributed by atoms with van der Waals surface area (Å²) in [7, 11) is -2.21. The number of ketones is 1.